The Hall–Kier alpha value is -1.59. The summed E-state index contributed by atoms with van der Waals surface area (Å²) < 4.78 is 5.58. The number of ether oxygens (including phenoxy) is 1. The second kappa shape index (κ2) is 6.54. The number of fused-ring (bicyclic) bond motifs is 1. The van der Waals surface area contributed by atoms with Crippen molar-refractivity contribution in [3.8, 4) is 5.75 Å². The van der Waals surface area contributed by atoms with Crippen molar-refractivity contribution in [1.29, 1.82) is 0 Å². The summed E-state index contributed by atoms with van der Waals surface area (Å²) in [5.74, 6) is 0.842. The first-order valence-electron chi connectivity index (χ1n) is 6.56. The molecule has 0 atom stereocenters. The minimum absolute atomic E-state index is 0.0781. The molecule has 0 bridgehead atoms. The first-order chi connectivity index (χ1) is 9.22. The number of carbonyl (C=O) groups excluding carboxylic acids is 1. The molecule has 0 unspecified atom stereocenters. The number of hydrogen-bond donors (Lipinski definition) is 2. The van der Waals surface area contributed by atoms with Crippen LogP contribution >= 0.6 is 0 Å². The zero-order valence-electron chi connectivity index (χ0n) is 11.2. The van der Waals surface area contributed by atoms with E-state index in [9.17, 15) is 4.79 Å². The summed E-state index contributed by atoms with van der Waals surface area (Å²) in [5, 5.41) is 11.8. The van der Waals surface area contributed by atoms with Crippen LogP contribution in [0.3, 0.4) is 0 Å². The van der Waals surface area contributed by atoms with E-state index in [1.807, 2.05) is 18.2 Å². The van der Waals surface area contributed by atoms with E-state index in [-0.39, 0.29) is 12.5 Å². The number of aliphatic hydroxyl groups excluding tert-OH is 1. The van der Waals surface area contributed by atoms with Crippen LogP contribution in [0.4, 0.5) is 5.69 Å². The summed E-state index contributed by atoms with van der Waals surface area (Å²) in [6, 6.07) is 5.94. The lowest BCUT2D eigenvalue weighted by Crippen LogP contribution is -2.25. The highest BCUT2D eigenvalue weighted by molar-refractivity contribution is 5.95. The molecule has 19 heavy (non-hydrogen) atoms. The summed E-state index contributed by atoms with van der Waals surface area (Å²) >= 11 is 0. The van der Waals surface area contributed by atoms with Crippen molar-refractivity contribution >= 4 is 11.6 Å². The van der Waals surface area contributed by atoms with Gasteiger partial charge in [-0.25, -0.2) is 0 Å². The predicted octanol–water partition coefficient (Wildman–Crippen LogP) is 0.556. The molecule has 0 saturated carbocycles. The fraction of sp³-hybridized carbons (Fsp3) is 0.500. The first kappa shape index (κ1) is 13.8. The van der Waals surface area contributed by atoms with Crippen LogP contribution in [-0.2, 0) is 11.2 Å². The highest BCUT2D eigenvalue weighted by Gasteiger charge is 2.19. The van der Waals surface area contributed by atoms with Gasteiger partial charge in [-0.1, -0.05) is 6.07 Å². The van der Waals surface area contributed by atoms with E-state index in [2.05, 4.69) is 5.32 Å². The maximum Gasteiger partial charge on any atom is 0.230 e. The van der Waals surface area contributed by atoms with Crippen LogP contribution in [0.15, 0.2) is 18.2 Å². The molecule has 0 spiro atoms. The molecule has 0 fully saturated rings. The highest BCUT2D eigenvalue weighted by atomic mass is 16.5. The monoisotopic (exact) mass is 264 g/mol. The summed E-state index contributed by atoms with van der Waals surface area (Å²) in [6.45, 7) is 1.99. The molecule has 0 aromatic heterocycles. The Morgan fingerprint density at radius 2 is 2.26 bits per heavy atom. The molecule has 1 amide bonds. The lowest BCUT2D eigenvalue weighted by molar-refractivity contribution is -0.118. The molecule has 2 N–H and O–H groups in total. The van der Waals surface area contributed by atoms with Gasteiger partial charge in [0.15, 0.2) is 0 Å². The fourth-order valence-corrected chi connectivity index (χ4v) is 2.09. The molecule has 0 saturated heterocycles. The van der Waals surface area contributed by atoms with Crippen LogP contribution in [0, 0.1) is 0 Å². The van der Waals surface area contributed by atoms with E-state index in [4.69, 9.17) is 9.84 Å². The molecule has 2 rings (SSSR count). The lowest BCUT2D eigenvalue weighted by Gasteiger charge is -2.17. The van der Waals surface area contributed by atoms with Crippen molar-refractivity contribution in [1.82, 2.24) is 5.32 Å². The predicted molar refractivity (Wildman–Crippen MR) is 73.6 cm³/mol. The van der Waals surface area contributed by atoms with E-state index in [0.717, 1.165) is 30.0 Å². The number of rotatable bonds is 5. The van der Waals surface area contributed by atoms with Crippen LogP contribution in [0.5, 0.6) is 5.75 Å². The number of anilines is 1. The normalized spacial score (nSPS) is 14.8. The van der Waals surface area contributed by atoms with Gasteiger partial charge in [0.05, 0.1) is 25.3 Å². The smallest absolute Gasteiger partial charge is 0.230 e. The van der Waals surface area contributed by atoms with Crippen LogP contribution in [0.25, 0.3) is 0 Å². The summed E-state index contributed by atoms with van der Waals surface area (Å²) in [5.41, 5.74) is 1.98. The quantitative estimate of drug-likeness (QED) is 0.763. The van der Waals surface area contributed by atoms with Gasteiger partial charge in [0.1, 0.15) is 5.75 Å². The van der Waals surface area contributed by atoms with E-state index in [0.29, 0.717) is 19.6 Å². The third kappa shape index (κ3) is 3.45. The molecule has 0 radical (unpaired) electrons. The number of nitrogens with one attached hydrogen (secondary N) is 1. The number of aliphatic hydroxyl groups is 1. The van der Waals surface area contributed by atoms with Crippen molar-refractivity contribution in [2.45, 2.75) is 12.8 Å². The molecule has 1 aromatic rings. The third-order valence-electron chi connectivity index (χ3n) is 3.21. The average Bonchev–Trinajstić information content (AvgIpc) is 2.56. The number of benzene rings is 1. The van der Waals surface area contributed by atoms with Gasteiger partial charge < -0.3 is 20.1 Å². The number of hydrogen-bond acceptors (Lipinski definition) is 4. The van der Waals surface area contributed by atoms with Gasteiger partial charge in [0, 0.05) is 13.6 Å². The number of amides is 1. The lowest BCUT2D eigenvalue weighted by atomic mass is 10.1. The molecule has 5 heteroatoms. The Kier molecular flexibility index (Phi) is 4.76. The van der Waals surface area contributed by atoms with Crippen LogP contribution < -0.4 is 15.0 Å². The zero-order valence-corrected chi connectivity index (χ0v) is 11.2. The van der Waals surface area contributed by atoms with Gasteiger partial charge in [-0.15, -0.1) is 0 Å². The minimum atomic E-state index is 0.0781. The first-order valence-corrected chi connectivity index (χ1v) is 6.56. The molecule has 5 nitrogen and oxygen atoms in total. The summed E-state index contributed by atoms with van der Waals surface area (Å²) in [7, 11) is 1.78. The van der Waals surface area contributed by atoms with Crippen molar-refractivity contribution in [2.75, 3.05) is 38.3 Å². The van der Waals surface area contributed by atoms with E-state index >= 15 is 0 Å². The van der Waals surface area contributed by atoms with Crippen molar-refractivity contribution in [3.63, 3.8) is 0 Å². The van der Waals surface area contributed by atoms with Gasteiger partial charge in [-0.05, 0) is 30.7 Å². The van der Waals surface area contributed by atoms with E-state index in [1.54, 1.807) is 11.9 Å². The Balaban J connectivity index is 2.08. The Labute approximate surface area is 113 Å². The van der Waals surface area contributed by atoms with E-state index in [1.165, 1.54) is 0 Å². The summed E-state index contributed by atoms with van der Waals surface area (Å²) in [4.78, 5) is 13.5. The SMILES string of the molecule is CN1C(=O)CCOc2ccc(CCNCCO)cc21. The standard InChI is InChI=1S/C14H20N2O3/c1-16-12-10-11(4-6-15-7-8-17)2-3-13(12)19-9-5-14(16)18/h2-3,10,15,17H,4-9H2,1H3. The maximum absolute atomic E-state index is 11.8. The second-order valence-corrected chi connectivity index (χ2v) is 4.58. The van der Waals surface area contributed by atoms with Crippen molar-refractivity contribution < 1.29 is 14.6 Å². The Bertz CT molecular complexity index is 448. The van der Waals surface area contributed by atoms with Crippen LogP contribution in [-0.4, -0.2) is 44.4 Å². The molecular formula is C14H20N2O3. The summed E-state index contributed by atoms with van der Waals surface area (Å²) in [6.07, 6.45) is 1.27. The molecule has 0 aliphatic carbocycles. The van der Waals surface area contributed by atoms with Crippen LogP contribution in [0.1, 0.15) is 12.0 Å². The average molecular weight is 264 g/mol. The van der Waals surface area contributed by atoms with Gasteiger partial charge in [-0.3, -0.25) is 4.79 Å². The molecular weight excluding hydrogens is 244 g/mol. The van der Waals surface area contributed by atoms with Crippen molar-refractivity contribution in [2.24, 2.45) is 0 Å². The largest absolute Gasteiger partial charge is 0.491 e. The Morgan fingerprint density at radius 1 is 1.42 bits per heavy atom. The van der Waals surface area contributed by atoms with Crippen LogP contribution in [0.2, 0.25) is 0 Å². The maximum atomic E-state index is 11.8. The number of nitrogens with zero attached hydrogens (tertiary/aromatic N) is 1. The number of carbonyl (C=O) groups is 1. The molecule has 1 aromatic carbocycles. The molecule has 1 heterocycles. The van der Waals surface area contributed by atoms with Gasteiger partial charge in [0.2, 0.25) is 5.91 Å². The molecule has 104 valence electrons. The fourth-order valence-electron chi connectivity index (χ4n) is 2.09. The van der Waals surface area contributed by atoms with Gasteiger partial charge in [0.25, 0.3) is 0 Å². The topological polar surface area (TPSA) is 61.8 Å². The minimum Gasteiger partial charge on any atom is -0.491 e. The highest BCUT2D eigenvalue weighted by Crippen LogP contribution is 2.31. The zero-order chi connectivity index (χ0) is 13.7. The molecule has 1 aliphatic rings. The van der Waals surface area contributed by atoms with Gasteiger partial charge >= 0.3 is 0 Å². The van der Waals surface area contributed by atoms with E-state index < -0.39 is 0 Å². The van der Waals surface area contributed by atoms with Crippen molar-refractivity contribution in [3.05, 3.63) is 23.8 Å². The van der Waals surface area contributed by atoms with Gasteiger partial charge in [-0.2, -0.15) is 0 Å². The third-order valence-corrected chi connectivity index (χ3v) is 3.21. The Morgan fingerprint density at radius 3 is 3.05 bits per heavy atom. The second-order valence-electron chi connectivity index (χ2n) is 4.58. The molecule has 1 aliphatic heterocycles.